The Balaban J connectivity index is 1.87. The molecule has 1 aromatic heterocycles. The van der Waals surface area contributed by atoms with E-state index in [1.54, 1.807) is 0 Å². The van der Waals surface area contributed by atoms with Gasteiger partial charge in [-0.1, -0.05) is 30.4 Å². The maximum absolute atomic E-state index is 12.0. The molecule has 0 saturated carbocycles. The molecular formula is C17H22N2O2. The Morgan fingerprint density at radius 1 is 1.38 bits per heavy atom. The lowest BCUT2D eigenvalue weighted by Crippen LogP contribution is -2.28. The summed E-state index contributed by atoms with van der Waals surface area (Å²) in [5, 5.41) is 3.99. The zero-order chi connectivity index (χ0) is 15.2. The molecule has 112 valence electrons. The first-order chi connectivity index (χ1) is 10.1. The van der Waals surface area contributed by atoms with Crippen LogP contribution in [0.2, 0.25) is 0 Å². The number of fused-ring (bicyclic) bond motifs is 1. The number of carbonyl (C=O) groups excluding carboxylic acids is 1. The van der Waals surface area contributed by atoms with E-state index in [1.165, 1.54) is 0 Å². The molecule has 4 heteroatoms. The van der Waals surface area contributed by atoms with Crippen molar-refractivity contribution in [3.05, 3.63) is 47.7 Å². The average molecular weight is 286 g/mol. The summed E-state index contributed by atoms with van der Waals surface area (Å²) in [6.45, 7) is 9.24. The topological polar surface area (TPSA) is 54.1 Å². The van der Waals surface area contributed by atoms with Crippen molar-refractivity contribution in [1.29, 1.82) is 0 Å². The number of para-hydroxylation sites is 1. The lowest BCUT2D eigenvalue weighted by atomic mass is 10.1. The molecular weight excluding hydrogens is 264 g/mol. The van der Waals surface area contributed by atoms with E-state index in [0.29, 0.717) is 26.2 Å². The van der Waals surface area contributed by atoms with E-state index >= 15 is 0 Å². The smallest absolute Gasteiger partial charge is 0.224 e. The Kier molecular flexibility index (Phi) is 5.17. The van der Waals surface area contributed by atoms with Crippen molar-refractivity contribution in [2.24, 2.45) is 0 Å². The largest absolute Gasteiger partial charge is 0.375 e. The van der Waals surface area contributed by atoms with Crippen LogP contribution in [0.4, 0.5) is 0 Å². The van der Waals surface area contributed by atoms with Gasteiger partial charge in [0.05, 0.1) is 19.6 Å². The summed E-state index contributed by atoms with van der Waals surface area (Å²) < 4.78 is 5.35. The van der Waals surface area contributed by atoms with E-state index in [2.05, 4.69) is 16.9 Å². The van der Waals surface area contributed by atoms with Gasteiger partial charge < -0.3 is 15.0 Å². The van der Waals surface area contributed by atoms with Crippen LogP contribution in [0.25, 0.3) is 10.9 Å². The quantitative estimate of drug-likeness (QED) is 0.607. The van der Waals surface area contributed by atoms with Gasteiger partial charge in [0.15, 0.2) is 0 Å². The van der Waals surface area contributed by atoms with Gasteiger partial charge in [-0.15, -0.1) is 0 Å². The molecule has 0 aliphatic rings. The summed E-state index contributed by atoms with van der Waals surface area (Å²) in [5.41, 5.74) is 4.16. The standard InChI is InChI=1S/C17H22N2O2/c1-12(2)11-21-9-8-18-17(20)10-15-13(3)19-16-7-5-4-6-14(15)16/h4-7,19H,1,8-11H2,2-3H3,(H,18,20). The summed E-state index contributed by atoms with van der Waals surface area (Å²) in [7, 11) is 0. The highest BCUT2D eigenvalue weighted by atomic mass is 16.5. The molecule has 4 nitrogen and oxygen atoms in total. The Labute approximate surface area is 125 Å². The second-order valence-electron chi connectivity index (χ2n) is 5.31. The molecule has 0 saturated heterocycles. The SMILES string of the molecule is C=C(C)COCCNC(=O)Cc1c(C)[nH]c2ccccc12. The highest BCUT2D eigenvalue weighted by molar-refractivity contribution is 5.90. The molecule has 2 aromatic rings. The zero-order valence-corrected chi connectivity index (χ0v) is 12.7. The van der Waals surface area contributed by atoms with Crippen LogP contribution in [-0.4, -0.2) is 30.6 Å². The normalized spacial score (nSPS) is 10.8. The summed E-state index contributed by atoms with van der Waals surface area (Å²) in [4.78, 5) is 15.3. The van der Waals surface area contributed by atoms with E-state index in [0.717, 1.165) is 27.7 Å². The number of hydrogen-bond donors (Lipinski definition) is 2. The van der Waals surface area contributed by atoms with Crippen molar-refractivity contribution in [3.8, 4) is 0 Å². The third-order valence-electron chi connectivity index (χ3n) is 3.28. The van der Waals surface area contributed by atoms with Crippen LogP contribution in [0.1, 0.15) is 18.2 Å². The van der Waals surface area contributed by atoms with Crippen molar-refractivity contribution in [2.45, 2.75) is 20.3 Å². The number of benzene rings is 1. The van der Waals surface area contributed by atoms with Crippen molar-refractivity contribution in [3.63, 3.8) is 0 Å². The van der Waals surface area contributed by atoms with Gasteiger partial charge in [0, 0.05) is 23.1 Å². The van der Waals surface area contributed by atoms with Gasteiger partial charge in [-0.3, -0.25) is 4.79 Å². The van der Waals surface area contributed by atoms with Gasteiger partial charge in [0.2, 0.25) is 5.91 Å². The molecule has 0 radical (unpaired) electrons. The number of carbonyl (C=O) groups is 1. The van der Waals surface area contributed by atoms with Gasteiger partial charge >= 0.3 is 0 Å². The molecule has 2 N–H and O–H groups in total. The number of aromatic nitrogens is 1. The van der Waals surface area contributed by atoms with Crippen LogP contribution >= 0.6 is 0 Å². The minimum absolute atomic E-state index is 0.0155. The van der Waals surface area contributed by atoms with Gasteiger partial charge in [0.25, 0.3) is 0 Å². The molecule has 0 fully saturated rings. The monoisotopic (exact) mass is 286 g/mol. The summed E-state index contributed by atoms with van der Waals surface area (Å²) >= 11 is 0. The Hall–Kier alpha value is -2.07. The Morgan fingerprint density at radius 2 is 2.14 bits per heavy atom. The fourth-order valence-electron chi connectivity index (χ4n) is 2.29. The molecule has 1 heterocycles. The van der Waals surface area contributed by atoms with E-state index in [-0.39, 0.29) is 5.91 Å². The summed E-state index contributed by atoms with van der Waals surface area (Å²) in [5.74, 6) is 0.0155. The molecule has 0 unspecified atom stereocenters. The van der Waals surface area contributed by atoms with Gasteiger partial charge in [-0.2, -0.15) is 0 Å². The van der Waals surface area contributed by atoms with Crippen molar-refractivity contribution < 1.29 is 9.53 Å². The van der Waals surface area contributed by atoms with Crippen molar-refractivity contribution in [2.75, 3.05) is 19.8 Å². The molecule has 1 amide bonds. The van der Waals surface area contributed by atoms with Crippen LogP contribution in [0.5, 0.6) is 0 Å². The minimum Gasteiger partial charge on any atom is -0.375 e. The first-order valence-electron chi connectivity index (χ1n) is 7.13. The predicted octanol–water partition coefficient (Wildman–Crippen LogP) is 2.73. The van der Waals surface area contributed by atoms with Gasteiger partial charge in [-0.25, -0.2) is 0 Å². The molecule has 21 heavy (non-hydrogen) atoms. The number of hydrogen-bond acceptors (Lipinski definition) is 2. The third kappa shape index (κ3) is 4.20. The predicted molar refractivity (Wildman–Crippen MR) is 85.4 cm³/mol. The molecule has 0 spiro atoms. The highest BCUT2D eigenvalue weighted by Crippen LogP contribution is 2.22. The molecule has 0 aliphatic heterocycles. The number of H-pyrrole nitrogens is 1. The van der Waals surface area contributed by atoms with E-state index in [4.69, 9.17) is 4.74 Å². The fourth-order valence-corrected chi connectivity index (χ4v) is 2.29. The second-order valence-corrected chi connectivity index (χ2v) is 5.31. The molecule has 1 aromatic carbocycles. The number of amides is 1. The number of aryl methyl sites for hydroxylation is 1. The highest BCUT2D eigenvalue weighted by Gasteiger charge is 2.11. The summed E-state index contributed by atoms with van der Waals surface area (Å²) in [6, 6.07) is 8.04. The fraction of sp³-hybridized carbons (Fsp3) is 0.353. The number of ether oxygens (including phenoxy) is 1. The van der Waals surface area contributed by atoms with Crippen LogP contribution in [-0.2, 0) is 16.0 Å². The molecule has 0 bridgehead atoms. The van der Waals surface area contributed by atoms with Crippen molar-refractivity contribution >= 4 is 16.8 Å². The molecule has 0 atom stereocenters. The number of rotatable bonds is 7. The van der Waals surface area contributed by atoms with E-state index in [9.17, 15) is 4.79 Å². The number of nitrogens with one attached hydrogen (secondary N) is 2. The van der Waals surface area contributed by atoms with E-state index < -0.39 is 0 Å². The lowest BCUT2D eigenvalue weighted by Gasteiger charge is -2.06. The second kappa shape index (κ2) is 7.09. The summed E-state index contributed by atoms with van der Waals surface area (Å²) in [6.07, 6.45) is 0.385. The van der Waals surface area contributed by atoms with Gasteiger partial charge in [-0.05, 0) is 25.5 Å². The maximum atomic E-state index is 12.0. The average Bonchev–Trinajstić information content (AvgIpc) is 2.74. The first-order valence-corrected chi connectivity index (χ1v) is 7.13. The van der Waals surface area contributed by atoms with E-state index in [1.807, 2.05) is 38.1 Å². The third-order valence-corrected chi connectivity index (χ3v) is 3.28. The Bertz CT molecular complexity index is 643. The molecule has 0 aliphatic carbocycles. The molecule has 2 rings (SSSR count). The Morgan fingerprint density at radius 3 is 2.90 bits per heavy atom. The number of aromatic amines is 1. The van der Waals surface area contributed by atoms with Crippen molar-refractivity contribution in [1.82, 2.24) is 10.3 Å². The van der Waals surface area contributed by atoms with Crippen LogP contribution in [0.3, 0.4) is 0 Å². The van der Waals surface area contributed by atoms with Crippen LogP contribution in [0, 0.1) is 6.92 Å². The zero-order valence-electron chi connectivity index (χ0n) is 12.7. The lowest BCUT2D eigenvalue weighted by molar-refractivity contribution is -0.120. The maximum Gasteiger partial charge on any atom is 0.224 e. The van der Waals surface area contributed by atoms with Crippen LogP contribution in [0.15, 0.2) is 36.4 Å². The van der Waals surface area contributed by atoms with Crippen LogP contribution < -0.4 is 5.32 Å². The first kappa shape index (κ1) is 15.3. The van der Waals surface area contributed by atoms with Gasteiger partial charge in [0.1, 0.15) is 0 Å². The minimum atomic E-state index is 0.0155.